The Morgan fingerprint density at radius 3 is 2.55 bits per heavy atom. The van der Waals surface area contributed by atoms with Crippen LogP contribution in [0, 0.1) is 19.8 Å². The van der Waals surface area contributed by atoms with Crippen LogP contribution in [0.5, 0.6) is 0 Å². The lowest BCUT2D eigenvalue weighted by Crippen LogP contribution is -2.18. The normalized spacial score (nSPS) is 11.9. The van der Waals surface area contributed by atoms with Gasteiger partial charge in [0.1, 0.15) is 0 Å². The molecule has 1 atom stereocenters. The van der Waals surface area contributed by atoms with Gasteiger partial charge in [0.2, 0.25) is 0 Å². The molecule has 5 heteroatoms. The Morgan fingerprint density at radius 2 is 2.00 bits per heavy atom. The lowest BCUT2D eigenvalue weighted by Gasteiger charge is -2.12. The van der Waals surface area contributed by atoms with E-state index in [0.29, 0.717) is 12.2 Å². The van der Waals surface area contributed by atoms with Crippen molar-refractivity contribution in [2.45, 2.75) is 31.6 Å². The molecule has 1 aromatic rings. The van der Waals surface area contributed by atoms with E-state index >= 15 is 0 Å². The van der Waals surface area contributed by atoms with Gasteiger partial charge >= 0.3 is 11.9 Å². The topological polar surface area (TPSA) is 63.6 Å². The molecule has 0 aliphatic heterocycles. The standard InChI is InChI=1S/C15H20O4S/c1-10-4-6-13(8-11(10)2)20-9-12(15(17)18)5-7-14(16)19-3/h4,6,8,12H,5,7,9H2,1-3H3,(H,17,18). The second kappa shape index (κ2) is 7.94. The van der Waals surface area contributed by atoms with Crippen molar-refractivity contribution in [2.75, 3.05) is 12.9 Å². The van der Waals surface area contributed by atoms with Crippen molar-refractivity contribution in [1.29, 1.82) is 0 Å². The molecular formula is C15H20O4S. The van der Waals surface area contributed by atoms with Gasteiger partial charge in [-0.2, -0.15) is 0 Å². The highest BCUT2D eigenvalue weighted by Gasteiger charge is 2.19. The molecule has 0 aliphatic rings. The number of carboxylic acids is 1. The molecule has 0 heterocycles. The summed E-state index contributed by atoms with van der Waals surface area (Å²) in [6, 6.07) is 6.08. The average Bonchev–Trinajstić information content (AvgIpc) is 2.41. The van der Waals surface area contributed by atoms with Crippen LogP contribution in [0.1, 0.15) is 24.0 Å². The van der Waals surface area contributed by atoms with Gasteiger partial charge in [0.15, 0.2) is 0 Å². The number of aryl methyl sites for hydroxylation is 2. The molecule has 0 bridgehead atoms. The number of benzene rings is 1. The maximum atomic E-state index is 11.2. The number of carboxylic acid groups (broad SMARTS) is 1. The third-order valence-electron chi connectivity index (χ3n) is 3.20. The smallest absolute Gasteiger partial charge is 0.307 e. The van der Waals surface area contributed by atoms with Gasteiger partial charge in [-0.15, -0.1) is 11.8 Å². The molecule has 1 N–H and O–H groups in total. The Hall–Kier alpha value is -1.49. The van der Waals surface area contributed by atoms with Crippen LogP contribution in [-0.2, 0) is 14.3 Å². The summed E-state index contributed by atoms with van der Waals surface area (Å²) < 4.78 is 4.53. The SMILES string of the molecule is COC(=O)CCC(CSc1ccc(C)c(C)c1)C(=O)O. The van der Waals surface area contributed by atoms with E-state index in [0.717, 1.165) is 4.90 Å². The van der Waals surface area contributed by atoms with Crippen LogP contribution < -0.4 is 0 Å². The van der Waals surface area contributed by atoms with Crippen LogP contribution in [0.25, 0.3) is 0 Å². The summed E-state index contributed by atoms with van der Waals surface area (Å²) in [5, 5.41) is 9.17. The molecule has 4 nitrogen and oxygen atoms in total. The Kier molecular flexibility index (Phi) is 6.58. The maximum absolute atomic E-state index is 11.2. The first-order valence-corrected chi connectivity index (χ1v) is 7.42. The van der Waals surface area contributed by atoms with Gasteiger partial charge in [0, 0.05) is 17.1 Å². The number of ether oxygens (including phenoxy) is 1. The van der Waals surface area contributed by atoms with Gasteiger partial charge in [0.05, 0.1) is 13.0 Å². The minimum absolute atomic E-state index is 0.140. The highest BCUT2D eigenvalue weighted by Crippen LogP contribution is 2.25. The second-order valence-electron chi connectivity index (χ2n) is 4.71. The molecule has 0 aliphatic carbocycles. The first-order chi connectivity index (χ1) is 9.43. The first kappa shape index (κ1) is 16.6. The van der Waals surface area contributed by atoms with Gasteiger partial charge in [-0.25, -0.2) is 0 Å². The monoisotopic (exact) mass is 296 g/mol. The van der Waals surface area contributed by atoms with Crippen LogP contribution in [0.2, 0.25) is 0 Å². The second-order valence-corrected chi connectivity index (χ2v) is 5.80. The van der Waals surface area contributed by atoms with Crippen LogP contribution >= 0.6 is 11.8 Å². The molecule has 0 amide bonds. The quantitative estimate of drug-likeness (QED) is 0.619. The predicted molar refractivity (Wildman–Crippen MR) is 79.0 cm³/mol. The van der Waals surface area contributed by atoms with E-state index in [1.54, 1.807) is 0 Å². The van der Waals surface area contributed by atoms with Gasteiger partial charge in [-0.05, 0) is 43.5 Å². The Balaban J connectivity index is 2.55. The average molecular weight is 296 g/mol. The zero-order valence-corrected chi connectivity index (χ0v) is 12.8. The fourth-order valence-electron chi connectivity index (χ4n) is 1.67. The van der Waals surface area contributed by atoms with E-state index in [-0.39, 0.29) is 12.4 Å². The van der Waals surface area contributed by atoms with Gasteiger partial charge < -0.3 is 9.84 Å². The number of hydrogen-bond acceptors (Lipinski definition) is 4. The molecule has 1 rings (SSSR count). The number of esters is 1. The Labute approximate surface area is 123 Å². The van der Waals surface area contributed by atoms with Crippen molar-refractivity contribution in [3.63, 3.8) is 0 Å². The predicted octanol–water partition coefficient (Wildman–Crippen LogP) is 3.05. The summed E-state index contributed by atoms with van der Waals surface area (Å²) in [4.78, 5) is 23.3. The van der Waals surface area contributed by atoms with Crippen molar-refractivity contribution in [3.05, 3.63) is 29.3 Å². The largest absolute Gasteiger partial charge is 0.481 e. The van der Waals surface area contributed by atoms with Crippen molar-refractivity contribution < 1.29 is 19.4 Å². The number of thioether (sulfide) groups is 1. The third-order valence-corrected chi connectivity index (χ3v) is 4.36. The van der Waals surface area contributed by atoms with Crippen molar-refractivity contribution in [2.24, 2.45) is 5.92 Å². The van der Waals surface area contributed by atoms with Gasteiger partial charge in [0.25, 0.3) is 0 Å². The number of methoxy groups -OCH3 is 1. The number of hydrogen-bond donors (Lipinski definition) is 1. The molecule has 110 valence electrons. The van der Waals surface area contributed by atoms with Crippen LogP contribution in [0.15, 0.2) is 23.1 Å². The lowest BCUT2D eigenvalue weighted by molar-refractivity contribution is -0.143. The summed E-state index contributed by atoms with van der Waals surface area (Å²) in [6.45, 7) is 4.07. The number of aliphatic carboxylic acids is 1. The molecule has 0 saturated carbocycles. The van der Waals surface area contributed by atoms with Crippen LogP contribution in [-0.4, -0.2) is 29.9 Å². The molecule has 20 heavy (non-hydrogen) atoms. The summed E-state index contributed by atoms with van der Waals surface area (Å²) in [5.41, 5.74) is 2.41. The molecule has 1 unspecified atom stereocenters. The minimum atomic E-state index is -0.870. The van der Waals surface area contributed by atoms with Crippen molar-refractivity contribution in [3.8, 4) is 0 Å². The highest BCUT2D eigenvalue weighted by atomic mass is 32.2. The van der Waals surface area contributed by atoms with Crippen LogP contribution in [0.4, 0.5) is 0 Å². The van der Waals surface area contributed by atoms with Gasteiger partial charge in [-0.1, -0.05) is 6.07 Å². The van der Waals surface area contributed by atoms with Crippen LogP contribution in [0.3, 0.4) is 0 Å². The van der Waals surface area contributed by atoms with Gasteiger partial charge in [-0.3, -0.25) is 9.59 Å². The molecule has 0 spiro atoms. The number of rotatable bonds is 7. The molecule has 0 saturated heterocycles. The molecule has 0 fully saturated rings. The maximum Gasteiger partial charge on any atom is 0.307 e. The van der Waals surface area contributed by atoms with E-state index < -0.39 is 11.9 Å². The lowest BCUT2D eigenvalue weighted by atomic mass is 10.1. The molecular weight excluding hydrogens is 276 g/mol. The molecule has 0 aromatic heterocycles. The fraction of sp³-hybridized carbons (Fsp3) is 0.467. The summed E-state index contributed by atoms with van der Waals surface area (Å²) in [7, 11) is 1.31. The highest BCUT2D eigenvalue weighted by molar-refractivity contribution is 7.99. The zero-order chi connectivity index (χ0) is 15.1. The Morgan fingerprint density at radius 1 is 1.30 bits per heavy atom. The fourth-order valence-corrected chi connectivity index (χ4v) is 2.80. The first-order valence-electron chi connectivity index (χ1n) is 6.43. The summed E-state index contributed by atoms with van der Waals surface area (Å²) in [5.74, 6) is -1.33. The minimum Gasteiger partial charge on any atom is -0.481 e. The van der Waals surface area contributed by atoms with Crippen molar-refractivity contribution in [1.82, 2.24) is 0 Å². The number of carbonyl (C=O) groups excluding carboxylic acids is 1. The van der Waals surface area contributed by atoms with E-state index in [1.807, 2.05) is 26.0 Å². The van der Waals surface area contributed by atoms with E-state index in [9.17, 15) is 14.7 Å². The van der Waals surface area contributed by atoms with E-state index in [1.165, 1.54) is 30.0 Å². The number of carbonyl (C=O) groups is 2. The summed E-state index contributed by atoms with van der Waals surface area (Å²) in [6.07, 6.45) is 0.445. The third kappa shape index (κ3) is 5.25. The Bertz CT molecular complexity index is 485. The molecule has 0 radical (unpaired) electrons. The zero-order valence-electron chi connectivity index (χ0n) is 12.0. The van der Waals surface area contributed by atoms with E-state index in [4.69, 9.17) is 0 Å². The van der Waals surface area contributed by atoms with E-state index in [2.05, 4.69) is 10.8 Å². The summed E-state index contributed by atoms with van der Waals surface area (Å²) >= 11 is 1.51. The van der Waals surface area contributed by atoms with Crippen molar-refractivity contribution >= 4 is 23.7 Å². The molecule has 1 aromatic carbocycles.